The Hall–Kier alpha value is -2.68. The van der Waals surface area contributed by atoms with Crippen molar-refractivity contribution in [3.05, 3.63) is 52.4 Å². The number of ether oxygens (including phenoxy) is 1. The molecule has 0 fully saturated rings. The van der Waals surface area contributed by atoms with E-state index in [1.807, 2.05) is 0 Å². The Morgan fingerprint density at radius 3 is 2.63 bits per heavy atom. The van der Waals surface area contributed by atoms with Gasteiger partial charge >= 0.3 is 11.6 Å². The van der Waals surface area contributed by atoms with Gasteiger partial charge in [0.25, 0.3) is 0 Å². The molecule has 27 heavy (non-hydrogen) atoms. The topological polar surface area (TPSA) is 137 Å². The summed E-state index contributed by atoms with van der Waals surface area (Å²) in [5.74, 6) is -0.852. The zero-order valence-electron chi connectivity index (χ0n) is 15.0. The number of aliphatic hydroxyl groups excluding tert-OH is 2. The third-order valence-electron chi connectivity index (χ3n) is 4.12. The highest BCUT2D eigenvalue weighted by molar-refractivity contribution is 5.85. The molecule has 0 aliphatic heterocycles. The number of carbonyl (C=O) groups is 1. The van der Waals surface area contributed by atoms with Crippen molar-refractivity contribution < 1.29 is 34.4 Å². The van der Waals surface area contributed by atoms with Crippen LogP contribution in [0.4, 0.5) is 0 Å². The first-order valence-electron chi connectivity index (χ1n) is 8.25. The van der Waals surface area contributed by atoms with Crippen LogP contribution in [0.1, 0.15) is 20.3 Å². The first kappa shape index (κ1) is 20.6. The van der Waals surface area contributed by atoms with E-state index in [9.17, 15) is 24.9 Å². The van der Waals surface area contributed by atoms with Crippen molar-refractivity contribution in [3.8, 4) is 5.75 Å². The smallest absolute Gasteiger partial charge is 0.336 e. The number of hydrogen-bond donors (Lipinski definition) is 4. The second-order valence-electron chi connectivity index (χ2n) is 6.56. The molecular weight excluding hydrogens is 356 g/mol. The van der Waals surface area contributed by atoms with Crippen molar-refractivity contribution in [2.45, 2.75) is 38.1 Å². The van der Waals surface area contributed by atoms with Crippen LogP contribution in [0.25, 0.3) is 11.0 Å². The second kappa shape index (κ2) is 8.34. The van der Waals surface area contributed by atoms with Crippen molar-refractivity contribution in [2.75, 3.05) is 6.61 Å². The molecule has 3 atom stereocenters. The summed E-state index contributed by atoms with van der Waals surface area (Å²) in [6.07, 6.45) is -1.80. The lowest BCUT2D eigenvalue weighted by Gasteiger charge is -2.30. The largest absolute Gasteiger partial charge is 0.491 e. The molecule has 0 amide bonds. The highest BCUT2D eigenvalue weighted by atomic mass is 16.5. The van der Waals surface area contributed by atoms with Crippen molar-refractivity contribution in [2.24, 2.45) is 0 Å². The zero-order chi connectivity index (χ0) is 20.2. The maximum Gasteiger partial charge on any atom is 0.336 e. The van der Waals surface area contributed by atoms with Crippen LogP contribution in [0, 0.1) is 0 Å². The summed E-state index contributed by atoms with van der Waals surface area (Å²) < 4.78 is 10.5. The SMILES string of the molecule is CC(=C[C@H](O)C[C@@](C)(O)[C@H](O)COc1ccc2ccc(=O)oc2c1)C(=O)O. The van der Waals surface area contributed by atoms with Gasteiger partial charge in [0.2, 0.25) is 0 Å². The van der Waals surface area contributed by atoms with Gasteiger partial charge in [-0.15, -0.1) is 0 Å². The molecule has 0 radical (unpaired) electrons. The molecule has 0 saturated carbocycles. The lowest BCUT2D eigenvalue weighted by Crippen LogP contribution is -2.45. The molecule has 1 aromatic heterocycles. The van der Waals surface area contributed by atoms with Gasteiger partial charge in [0.15, 0.2) is 0 Å². The van der Waals surface area contributed by atoms with Crippen LogP contribution in [0.15, 0.2) is 51.2 Å². The Balaban J connectivity index is 2.01. The van der Waals surface area contributed by atoms with Gasteiger partial charge in [-0.2, -0.15) is 0 Å². The van der Waals surface area contributed by atoms with E-state index in [1.165, 1.54) is 26.0 Å². The Morgan fingerprint density at radius 2 is 1.96 bits per heavy atom. The molecule has 8 heteroatoms. The van der Waals surface area contributed by atoms with Gasteiger partial charge in [0.1, 0.15) is 24.0 Å². The summed E-state index contributed by atoms with van der Waals surface area (Å²) in [5.41, 5.74) is -1.97. The molecule has 0 unspecified atom stereocenters. The van der Waals surface area contributed by atoms with Gasteiger partial charge in [0.05, 0.1) is 11.7 Å². The number of carboxylic acids is 1. The third-order valence-corrected chi connectivity index (χ3v) is 4.12. The third kappa shape index (κ3) is 5.65. The van der Waals surface area contributed by atoms with E-state index < -0.39 is 29.4 Å². The monoisotopic (exact) mass is 378 g/mol. The zero-order valence-corrected chi connectivity index (χ0v) is 15.0. The van der Waals surface area contributed by atoms with Crippen molar-refractivity contribution in [3.63, 3.8) is 0 Å². The molecule has 8 nitrogen and oxygen atoms in total. The molecular formula is C19H22O8. The summed E-state index contributed by atoms with van der Waals surface area (Å²) in [6.45, 7) is 2.34. The molecule has 146 valence electrons. The van der Waals surface area contributed by atoms with E-state index in [-0.39, 0.29) is 18.6 Å². The lowest BCUT2D eigenvalue weighted by molar-refractivity contribution is -0.132. The van der Waals surface area contributed by atoms with Crippen molar-refractivity contribution in [1.82, 2.24) is 0 Å². The molecule has 0 bridgehead atoms. The number of fused-ring (bicyclic) bond motifs is 1. The quantitative estimate of drug-likeness (QED) is 0.395. The van der Waals surface area contributed by atoms with E-state index in [0.717, 1.165) is 6.08 Å². The molecule has 0 saturated heterocycles. The molecule has 2 rings (SSSR count). The maximum atomic E-state index is 11.3. The Kier molecular flexibility index (Phi) is 6.37. The van der Waals surface area contributed by atoms with Gasteiger partial charge < -0.3 is 29.6 Å². The lowest BCUT2D eigenvalue weighted by atomic mass is 9.92. The fourth-order valence-corrected chi connectivity index (χ4v) is 2.46. The van der Waals surface area contributed by atoms with Gasteiger partial charge in [-0.3, -0.25) is 0 Å². The minimum atomic E-state index is -1.72. The van der Waals surface area contributed by atoms with Gasteiger partial charge in [-0.25, -0.2) is 9.59 Å². The number of carboxylic acid groups (broad SMARTS) is 1. The fourth-order valence-electron chi connectivity index (χ4n) is 2.46. The van der Waals surface area contributed by atoms with Crippen LogP contribution >= 0.6 is 0 Å². The van der Waals surface area contributed by atoms with E-state index in [2.05, 4.69) is 0 Å². The molecule has 0 aliphatic carbocycles. The summed E-state index contributed by atoms with van der Waals surface area (Å²) in [4.78, 5) is 22.0. The molecule has 4 N–H and O–H groups in total. The van der Waals surface area contributed by atoms with Crippen LogP contribution in [-0.2, 0) is 4.79 Å². The summed E-state index contributed by atoms with van der Waals surface area (Å²) in [6, 6.07) is 7.71. The summed E-state index contributed by atoms with van der Waals surface area (Å²) >= 11 is 0. The predicted molar refractivity (Wildman–Crippen MR) is 96.6 cm³/mol. The van der Waals surface area contributed by atoms with E-state index >= 15 is 0 Å². The predicted octanol–water partition coefficient (Wildman–Crippen LogP) is 1.07. The van der Waals surface area contributed by atoms with Gasteiger partial charge in [-0.05, 0) is 38.1 Å². The van der Waals surface area contributed by atoms with Gasteiger partial charge in [0, 0.05) is 29.5 Å². The highest BCUT2D eigenvalue weighted by Crippen LogP contribution is 2.22. The number of aliphatic hydroxyl groups is 3. The van der Waals surface area contributed by atoms with Crippen LogP contribution in [-0.4, -0.2) is 50.8 Å². The Bertz CT molecular complexity index is 896. The number of aliphatic carboxylic acids is 1. The standard InChI is InChI=1S/C19H22O8/c1-11(18(23)24)7-13(20)9-19(2,25)16(21)10-26-14-5-3-12-4-6-17(22)27-15(12)8-14/h3-8,13,16,20-21,25H,9-10H2,1-2H3,(H,23,24)/t13-,16+,19+/m0/s1. The van der Waals surface area contributed by atoms with E-state index in [1.54, 1.807) is 18.2 Å². The Morgan fingerprint density at radius 1 is 1.30 bits per heavy atom. The summed E-state index contributed by atoms with van der Waals surface area (Å²) in [7, 11) is 0. The van der Waals surface area contributed by atoms with Gasteiger partial charge in [-0.1, -0.05) is 0 Å². The number of hydrogen-bond acceptors (Lipinski definition) is 7. The van der Waals surface area contributed by atoms with E-state index in [4.69, 9.17) is 14.3 Å². The van der Waals surface area contributed by atoms with Crippen LogP contribution in [0.5, 0.6) is 5.75 Å². The fraction of sp³-hybridized carbons (Fsp3) is 0.368. The molecule has 1 aromatic carbocycles. The average molecular weight is 378 g/mol. The van der Waals surface area contributed by atoms with E-state index in [0.29, 0.717) is 16.7 Å². The first-order valence-corrected chi connectivity index (χ1v) is 8.25. The molecule has 0 aliphatic rings. The van der Waals surface area contributed by atoms with Crippen LogP contribution in [0.2, 0.25) is 0 Å². The summed E-state index contributed by atoms with van der Waals surface area (Å²) in [5, 5.41) is 40.0. The van der Waals surface area contributed by atoms with Crippen LogP contribution < -0.4 is 10.4 Å². The highest BCUT2D eigenvalue weighted by Gasteiger charge is 2.33. The molecule has 2 aromatic rings. The normalized spacial score (nSPS) is 16.6. The van der Waals surface area contributed by atoms with Crippen molar-refractivity contribution >= 4 is 16.9 Å². The second-order valence-corrected chi connectivity index (χ2v) is 6.56. The Labute approximate surface area is 154 Å². The first-order chi connectivity index (χ1) is 12.6. The maximum absolute atomic E-state index is 11.3. The number of benzene rings is 1. The minimum Gasteiger partial charge on any atom is -0.491 e. The molecule has 0 spiro atoms. The van der Waals surface area contributed by atoms with Crippen LogP contribution in [0.3, 0.4) is 0 Å². The average Bonchev–Trinajstić information content (AvgIpc) is 2.58. The minimum absolute atomic E-state index is 0.0679. The molecule has 1 heterocycles. The number of rotatable bonds is 8. The van der Waals surface area contributed by atoms with Crippen molar-refractivity contribution in [1.29, 1.82) is 0 Å².